The molecule has 2 aromatic carbocycles. The summed E-state index contributed by atoms with van der Waals surface area (Å²) in [5.74, 6) is 0.822. The van der Waals surface area contributed by atoms with E-state index in [9.17, 15) is 4.39 Å². The zero-order valence-corrected chi connectivity index (χ0v) is 11.2. The highest BCUT2D eigenvalue weighted by Gasteiger charge is 2.11. The van der Waals surface area contributed by atoms with Gasteiger partial charge in [0.2, 0.25) is 0 Å². The molecule has 0 bridgehead atoms. The van der Waals surface area contributed by atoms with E-state index in [-0.39, 0.29) is 5.82 Å². The van der Waals surface area contributed by atoms with E-state index in [0.717, 1.165) is 11.1 Å². The summed E-state index contributed by atoms with van der Waals surface area (Å²) in [6, 6.07) is 8.34. The average molecular weight is 261 g/mol. The molecule has 100 valence electrons. The predicted molar refractivity (Wildman–Crippen MR) is 74.1 cm³/mol. The van der Waals surface area contributed by atoms with Crippen molar-refractivity contribution < 1.29 is 13.9 Å². The zero-order chi connectivity index (χ0) is 14.0. The lowest BCUT2D eigenvalue weighted by atomic mass is 10.0. The van der Waals surface area contributed by atoms with Crippen molar-refractivity contribution in [1.29, 1.82) is 0 Å². The molecule has 0 unspecified atom stereocenters. The maximum Gasteiger partial charge on any atom is 0.161 e. The maximum absolute atomic E-state index is 14.0. The van der Waals surface area contributed by atoms with E-state index in [1.54, 1.807) is 38.5 Å². The van der Waals surface area contributed by atoms with Crippen molar-refractivity contribution in [3.8, 4) is 22.6 Å². The SMILES string of the molecule is COc1ccc(-c2cc(C)c(N)cc2F)cc1OC. The number of aryl methyl sites for hydroxylation is 1. The molecule has 0 heterocycles. The molecule has 0 saturated heterocycles. The second kappa shape index (κ2) is 5.18. The van der Waals surface area contributed by atoms with E-state index in [2.05, 4.69) is 0 Å². The Bertz CT molecular complexity index is 611. The molecule has 3 nitrogen and oxygen atoms in total. The third-order valence-electron chi connectivity index (χ3n) is 3.05. The first-order valence-corrected chi connectivity index (χ1v) is 5.85. The van der Waals surface area contributed by atoms with Gasteiger partial charge in [-0.25, -0.2) is 4.39 Å². The highest BCUT2D eigenvalue weighted by molar-refractivity contribution is 5.71. The summed E-state index contributed by atoms with van der Waals surface area (Å²) in [5.41, 5.74) is 8.18. The molecular weight excluding hydrogens is 245 g/mol. The predicted octanol–water partition coefficient (Wildman–Crippen LogP) is 3.40. The van der Waals surface area contributed by atoms with Crippen LogP contribution in [0.4, 0.5) is 10.1 Å². The van der Waals surface area contributed by atoms with Crippen LogP contribution >= 0.6 is 0 Å². The first-order valence-electron chi connectivity index (χ1n) is 5.85. The molecule has 0 amide bonds. The van der Waals surface area contributed by atoms with Crippen molar-refractivity contribution in [3.63, 3.8) is 0 Å². The number of halogens is 1. The Morgan fingerprint density at radius 3 is 2.32 bits per heavy atom. The molecule has 4 heteroatoms. The van der Waals surface area contributed by atoms with Crippen LogP contribution in [0.5, 0.6) is 11.5 Å². The summed E-state index contributed by atoms with van der Waals surface area (Å²) in [7, 11) is 3.11. The monoisotopic (exact) mass is 261 g/mol. The standard InChI is InChI=1S/C15H16FNO2/c1-9-6-11(12(16)8-13(9)17)10-4-5-14(18-2)15(7-10)19-3/h4-8H,17H2,1-3H3. The van der Waals surface area contributed by atoms with E-state index in [0.29, 0.717) is 22.7 Å². The van der Waals surface area contributed by atoms with Gasteiger partial charge in [0, 0.05) is 11.3 Å². The Hall–Kier alpha value is -2.23. The summed E-state index contributed by atoms with van der Waals surface area (Å²) < 4.78 is 24.4. The van der Waals surface area contributed by atoms with Gasteiger partial charge in [-0.15, -0.1) is 0 Å². The van der Waals surface area contributed by atoms with E-state index in [1.807, 2.05) is 6.92 Å². The third-order valence-corrected chi connectivity index (χ3v) is 3.05. The van der Waals surface area contributed by atoms with Crippen molar-refractivity contribution in [1.82, 2.24) is 0 Å². The topological polar surface area (TPSA) is 44.5 Å². The fourth-order valence-electron chi connectivity index (χ4n) is 1.92. The number of anilines is 1. The van der Waals surface area contributed by atoms with Gasteiger partial charge in [0.15, 0.2) is 11.5 Å². The minimum Gasteiger partial charge on any atom is -0.493 e. The smallest absolute Gasteiger partial charge is 0.161 e. The minimum absolute atomic E-state index is 0.352. The Morgan fingerprint density at radius 2 is 1.68 bits per heavy atom. The number of nitrogen functional groups attached to an aromatic ring is 1. The number of methoxy groups -OCH3 is 2. The van der Waals surface area contributed by atoms with E-state index < -0.39 is 0 Å². The highest BCUT2D eigenvalue weighted by atomic mass is 19.1. The summed E-state index contributed by atoms with van der Waals surface area (Å²) in [4.78, 5) is 0. The van der Waals surface area contributed by atoms with E-state index >= 15 is 0 Å². The number of ether oxygens (including phenoxy) is 2. The fraction of sp³-hybridized carbons (Fsp3) is 0.200. The van der Waals surface area contributed by atoms with E-state index in [1.165, 1.54) is 6.07 Å². The maximum atomic E-state index is 14.0. The Balaban J connectivity index is 2.56. The number of benzene rings is 2. The second-order valence-corrected chi connectivity index (χ2v) is 4.26. The van der Waals surface area contributed by atoms with Crippen LogP contribution < -0.4 is 15.2 Å². The van der Waals surface area contributed by atoms with Gasteiger partial charge < -0.3 is 15.2 Å². The first-order chi connectivity index (χ1) is 9.06. The average Bonchev–Trinajstić information content (AvgIpc) is 2.42. The van der Waals surface area contributed by atoms with Crippen LogP contribution in [-0.4, -0.2) is 14.2 Å². The zero-order valence-electron chi connectivity index (χ0n) is 11.2. The molecule has 19 heavy (non-hydrogen) atoms. The van der Waals surface area contributed by atoms with Gasteiger partial charge in [-0.3, -0.25) is 0 Å². The number of nitrogens with two attached hydrogens (primary N) is 1. The van der Waals surface area contributed by atoms with Gasteiger partial charge in [0.1, 0.15) is 5.82 Å². The molecule has 0 aliphatic carbocycles. The van der Waals surface area contributed by atoms with Crippen LogP contribution in [0.3, 0.4) is 0 Å². The Morgan fingerprint density at radius 1 is 1.00 bits per heavy atom. The molecular formula is C15H16FNO2. The van der Waals surface area contributed by atoms with Crippen molar-refractivity contribution >= 4 is 5.69 Å². The number of hydrogen-bond donors (Lipinski definition) is 1. The van der Waals surface area contributed by atoms with Crippen LogP contribution in [-0.2, 0) is 0 Å². The van der Waals surface area contributed by atoms with Gasteiger partial charge in [-0.1, -0.05) is 6.07 Å². The summed E-state index contributed by atoms with van der Waals surface area (Å²) in [6.45, 7) is 1.85. The highest BCUT2D eigenvalue weighted by Crippen LogP contribution is 2.34. The fourth-order valence-corrected chi connectivity index (χ4v) is 1.92. The second-order valence-electron chi connectivity index (χ2n) is 4.26. The van der Waals surface area contributed by atoms with Gasteiger partial charge in [-0.05, 0) is 42.3 Å². The Labute approximate surface area is 111 Å². The lowest BCUT2D eigenvalue weighted by Crippen LogP contribution is -1.95. The van der Waals surface area contributed by atoms with Gasteiger partial charge in [0.25, 0.3) is 0 Å². The molecule has 0 atom stereocenters. The molecule has 0 saturated carbocycles. The van der Waals surface area contributed by atoms with Gasteiger partial charge in [-0.2, -0.15) is 0 Å². The van der Waals surface area contributed by atoms with Crippen LogP contribution in [0.2, 0.25) is 0 Å². The van der Waals surface area contributed by atoms with E-state index in [4.69, 9.17) is 15.2 Å². The molecule has 0 aliphatic heterocycles. The van der Waals surface area contributed by atoms with Gasteiger partial charge in [0.05, 0.1) is 14.2 Å². The first kappa shape index (κ1) is 13.2. The molecule has 0 spiro atoms. The number of hydrogen-bond acceptors (Lipinski definition) is 3. The van der Waals surface area contributed by atoms with Crippen molar-refractivity contribution in [3.05, 3.63) is 41.7 Å². The quantitative estimate of drug-likeness (QED) is 0.861. The molecule has 0 fully saturated rings. The van der Waals surface area contributed by atoms with Crippen LogP contribution in [0.1, 0.15) is 5.56 Å². The van der Waals surface area contributed by atoms with Gasteiger partial charge >= 0.3 is 0 Å². The lowest BCUT2D eigenvalue weighted by molar-refractivity contribution is 0.355. The number of rotatable bonds is 3. The van der Waals surface area contributed by atoms with Crippen molar-refractivity contribution in [2.75, 3.05) is 20.0 Å². The van der Waals surface area contributed by atoms with Crippen LogP contribution in [0.25, 0.3) is 11.1 Å². The molecule has 0 radical (unpaired) electrons. The molecule has 2 aromatic rings. The normalized spacial score (nSPS) is 10.3. The third kappa shape index (κ3) is 2.47. The lowest BCUT2D eigenvalue weighted by Gasteiger charge is -2.11. The Kier molecular flexibility index (Phi) is 3.60. The summed E-state index contributed by atoms with van der Waals surface area (Å²) in [6.07, 6.45) is 0. The molecule has 0 aliphatic rings. The van der Waals surface area contributed by atoms with Crippen LogP contribution in [0, 0.1) is 12.7 Å². The molecule has 2 N–H and O–H groups in total. The molecule has 2 rings (SSSR count). The van der Waals surface area contributed by atoms with Crippen molar-refractivity contribution in [2.45, 2.75) is 6.92 Å². The van der Waals surface area contributed by atoms with Crippen molar-refractivity contribution in [2.24, 2.45) is 0 Å². The summed E-state index contributed by atoms with van der Waals surface area (Å²) >= 11 is 0. The van der Waals surface area contributed by atoms with Crippen LogP contribution in [0.15, 0.2) is 30.3 Å². The largest absolute Gasteiger partial charge is 0.493 e. The molecule has 0 aromatic heterocycles. The summed E-state index contributed by atoms with van der Waals surface area (Å²) in [5, 5.41) is 0. The minimum atomic E-state index is -0.352.